The van der Waals surface area contributed by atoms with Crippen LogP contribution in [-0.2, 0) is 14.3 Å². The summed E-state index contributed by atoms with van der Waals surface area (Å²) in [6.45, 7) is 4.66. The van der Waals surface area contributed by atoms with E-state index >= 15 is 0 Å². The summed E-state index contributed by atoms with van der Waals surface area (Å²) in [5.41, 5.74) is -1.13. The van der Waals surface area contributed by atoms with Crippen molar-refractivity contribution in [3.8, 4) is 0 Å². The van der Waals surface area contributed by atoms with Crippen LogP contribution in [0.15, 0.2) is 18.2 Å². The normalized spacial score (nSPS) is 12.8. The van der Waals surface area contributed by atoms with Crippen LogP contribution in [0.5, 0.6) is 0 Å². The molecule has 1 heterocycles. The summed E-state index contributed by atoms with van der Waals surface area (Å²) in [5.74, 6) is -2.52. The largest absolute Gasteiger partial charge is 0.444 e. The van der Waals surface area contributed by atoms with Crippen LogP contribution in [0.4, 0.5) is 10.5 Å². The average molecular weight is 463 g/mol. The Morgan fingerprint density at radius 2 is 1.61 bits per heavy atom. The van der Waals surface area contributed by atoms with E-state index in [1.54, 1.807) is 20.8 Å². The van der Waals surface area contributed by atoms with E-state index < -0.39 is 46.8 Å². The number of nitrogens with one attached hydrogen (secondary N) is 3. The highest BCUT2D eigenvalue weighted by molar-refractivity contribution is 6.22. The topological polar surface area (TPSA) is 177 Å². The third-order valence-corrected chi connectivity index (χ3v) is 4.26. The van der Waals surface area contributed by atoms with E-state index in [1.807, 2.05) is 0 Å². The van der Waals surface area contributed by atoms with Crippen molar-refractivity contribution in [2.24, 2.45) is 0 Å². The predicted molar refractivity (Wildman–Crippen MR) is 113 cm³/mol. The number of hydrogen-bond acceptors (Lipinski definition) is 8. The van der Waals surface area contributed by atoms with Crippen LogP contribution >= 0.6 is 0 Å². The molecule has 0 unspecified atom stereocenters. The van der Waals surface area contributed by atoms with E-state index in [1.165, 1.54) is 6.07 Å². The van der Waals surface area contributed by atoms with Crippen molar-refractivity contribution in [2.45, 2.75) is 32.8 Å². The Kier molecular flexibility index (Phi) is 8.05. The number of nitrogens with zero attached hydrogens (tertiary/aromatic N) is 2. The zero-order valence-electron chi connectivity index (χ0n) is 18.4. The maximum absolute atomic E-state index is 12.4. The molecule has 0 aliphatic carbocycles. The number of nitro benzene ring substituents is 1. The summed E-state index contributed by atoms with van der Waals surface area (Å²) >= 11 is 0. The van der Waals surface area contributed by atoms with Crippen LogP contribution in [0.2, 0.25) is 0 Å². The van der Waals surface area contributed by atoms with E-state index in [0.717, 1.165) is 12.1 Å². The monoisotopic (exact) mass is 463 g/mol. The number of hydrogen-bond donors (Lipinski definition) is 3. The van der Waals surface area contributed by atoms with Gasteiger partial charge in [-0.15, -0.1) is 0 Å². The molecular formula is C20H25N5O8. The van der Waals surface area contributed by atoms with E-state index in [2.05, 4.69) is 16.0 Å². The second-order valence-electron chi connectivity index (χ2n) is 8.09. The van der Waals surface area contributed by atoms with Crippen LogP contribution in [0.3, 0.4) is 0 Å². The number of amides is 5. The minimum Gasteiger partial charge on any atom is -0.444 e. The van der Waals surface area contributed by atoms with E-state index in [0.29, 0.717) is 11.3 Å². The molecule has 1 aliphatic heterocycles. The lowest BCUT2D eigenvalue weighted by molar-refractivity contribution is -0.384. The highest BCUT2D eigenvalue weighted by atomic mass is 16.6. The lowest BCUT2D eigenvalue weighted by Gasteiger charge is -2.19. The van der Waals surface area contributed by atoms with Gasteiger partial charge in [-0.25, -0.2) is 4.79 Å². The van der Waals surface area contributed by atoms with Gasteiger partial charge in [0.25, 0.3) is 17.5 Å². The molecule has 0 aromatic heterocycles. The fraction of sp³-hybridized carbons (Fsp3) is 0.450. The Labute approximate surface area is 189 Å². The molecule has 0 spiro atoms. The number of alkyl carbamates (subject to hydrolysis) is 1. The van der Waals surface area contributed by atoms with Gasteiger partial charge in [-0.05, 0) is 33.3 Å². The second kappa shape index (κ2) is 10.5. The van der Waals surface area contributed by atoms with E-state index in [-0.39, 0.29) is 36.4 Å². The molecule has 0 saturated heterocycles. The Balaban J connectivity index is 1.69. The molecule has 0 radical (unpaired) electrons. The predicted octanol–water partition coefficient (Wildman–Crippen LogP) is 0.338. The number of nitro groups is 1. The minimum absolute atomic E-state index is 0.00102. The molecule has 1 aromatic carbocycles. The Morgan fingerprint density at radius 1 is 1.00 bits per heavy atom. The molecular weight excluding hydrogens is 438 g/mol. The first-order chi connectivity index (χ1) is 15.4. The number of imide groups is 1. The Morgan fingerprint density at radius 3 is 2.21 bits per heavy atom. The number of non-ortho nitro benzene ring substituents is 1. The van der Waals surface area contributed by atoms with Crippen molar-refractivity contribution in [3.05, 3.63) is 39.4 Å². The third kappa shape index (κ3) is 7.26. The summed E-state index contributed by atoms with van der Waals surface area (Å²) in [6.07, 6.45) is -0.356. The maximum atomic E-state index is 12.4. The van der Waals surface area contributed by atoms with E-state index in [4.69, 9.17) is 4.74 Å². The SMILES string of the molecule is CC(C)(C)OC(=O)NCC(=O)NCCCNC(=O)CN1C(=O)c2ccc([N+](=O)[O-])cc2C1=O. The zero-order valence-corrected chi connectivity index (χ0v) is 18.4. The molecule has 13 nitrogen and oxygen atoms in total. The number of carbonyl (C=O) groups excluding carboxylic acids is 5. The lowest BCUT2D eigenvalue weighted by Crippen LogP contribution is -2.42. The highest BCUT2D eigenvalue weighted by Crippen LogP contribution is 2.26. The van der Waals surface area contributed by atoms with Crippen LogP contribution in [0.25, 0.3) is 0 Å². The van der Waals surface area contributed by atoms with Crippen molar-refractivity contribution in [1.29, 1.82) is 0 Å². The number of ether oxygens (including phenoxy) is 1. The molecule has 0 bridgehead atoms. The molecule has 0 atom stereocenters. The third-order valence-electron chi connectivity index (χ3n) is 4.26. The highest BCUT2D eigenvalue weighted by Gasteiger charge is 2.37. The summed E-state index contributed by atoms with van der Waals surface area (Å²) in [6, 6.07) is 3.31. The molecule has 0 saturated carbocycles. The van der Waals surface area contributed by atoms with Gasteiger partial charge in [-0.2, -0.15) is 0 Å². The average Bonchev–Trinajstić information content (AvgIpc) is 2.95. The fourth-order valence-electron chi connectivity index (χ4n) is 2.81. The Bertz CT molecular complexity index is 985. The summed E-state index contributed by atoms with van der Waals surface area (Å²) < 4.78 is 5.00. The van der Waals surface area contributed by atoms with Gasteiger partial charge in [-0.1, -0.05) is 0 Å². The second-order valence-corrected chi connectivity index (χ2v) is 8.09. The number of carbonyl (C=O) groups is 5. The molecule has 33 heavy (non-hydrogen) atoms. The van der Waals surface area contributed by atoms with Gasteiger partial charge in [-0.3, -0.25) is 34.2 Å². The number of rotatable bonds is 9. The first-order valence-electron chi connectivity index (χ1n) is 10.0. The van der Waals surface area contributed by atoms with Gasteiger partial charge < -0.3 is 20.7 Å². The van der Waals surface area contributed by atoms with E-state index in [9.17, 15) is 34.1 Å². The summed E-state index contributed by atoms with van der Waals surface area (Å²) in [4.78, 5) is 70.9. The molecule has 5 amide bonds. The quantitative estimate of drug-likeness (QED) is 0.203. The van der Waals surface area contributed by atoms with Crippen LogP contribution in [0, 0.1) is 10.1 Å². The van der Waals surface area contributed by atoms with Gasteiger partial charge in [0.05, 0.1) is 22.6 Å². The Hall–Kier alpha value is -4.03. The lowest BCUT2D eigenvalue weighted by atomic mass is 10.1. The standard InChI is InChI=1S/C20H25N5O8/c1-20(2,3)33-19(30)23-10-15(26)21-7-4-8-22-16(27)11-24-17(28)13-6-5-12(25(31)32)9-14(13)18(24)29/h5-6,9H,4,7-8,10-11H2,1-3H3,(H,21,26)(H,22,27)(H,23,30). The number of benzene rings is 1. The van der Waals surface area contributed by atoms with Crippen molar-refractivity contribution < 1.29 is 33.6 Å². The molecule has 178 valence electrons. The first kappa shape index (κ1) is 25.2. The van der Waals surface area contributed by atoms with Crippen LogP contribution in [0.1, 0.15) is 47.9 Å². The zero-order chi connectivity index (χ0) is 24.8. The van der Waals surface area contributed by atoms with Crippen molar-refractivity contribution in [1.82, 2.24) is 20.9 Å². The first-order valence-corrected chi connectivity index (χ1v) is 10.0. The minimum atomic E-state index is -0.779. The van der Waals surface area contributed by atoms with Gasteiger partial charge in [0.2, 0.25) is 11.8 Å². The van der Waals surface area contributed by atoms with Crippen LogP contribution < -0.4 is 16.0 Å². The summed E-state index contributed by atoms with van der Waals surface area (Å²) in [5, 5.41) is 18.2. The molecule has 0 fully saturated rings. The van der Waals surface area contributed by atoms with Gasteiger partial charge in [0, 0.05) is 25.2 Å². The van der Waals surface area contributed by atoms with Crippen molar-refractivity contribution >= 4 is 35.4 Å². The van der Waals surface area contributed by atoms with Gasteiger partial charge in [0.15, 0.2) is 0 Å². The van der Waals surface area contributed by atoms with Crippen LogP contribution in [-0.4, -0.2) is 71.3 Å². The summed E-state index contributed by atoms with van der Waals surface area (Å²) in [7, 11) is 0. The molecule has 1 aromatic rings. The molecule has 1 aliphatic rings. The fourth-order valence-corrected chi connectivity index (χ4v) is 2.81. The molecule has 2 rings (SSSR count). The molecule has 3 N–H and O–H groups in total. The van der Waals surface area contributed by atoms with Crippen molar-refractivity contribution in [2.75, 3.05) is 26.2 Å². The van der Waals surface area contributed by atoms with Gasteiger partial charge >= 0.3 is 6.09 Å². The number of fused-ring (bicyclic) bond motifs is 1. The molecule has 13 heteroatoms. The van der Waals surface area contributed by atoms with Gasteiger partial charge in [0.1, 0.15) is 12.1 Å². The smallest absolute Gasteiger partial charge is 0.408 e. The van der Waals surface area contributed by atoms with Crippen molar-refractivity contribution in [3.63, 3.8) is 0 Å². The maximum Gasteiger partial charge on any atom is 0.408 e.